The zero-order chi connectivity index (χ0) is 9.38. The number of aromatic amines is 1. The Morgan fingerprint density at radius 1 is 1.43 bits per heavy atom. The van der Waals surface area contributed by atoms with Crippen molar-refractivity contribution in [3.8, 4) is 5.69 Å². The molecule has 1 N–H and O–H groups in total. The van der Waals surface area contributed by atoms with Crippen LogP contribution < -0.4 is 0 Å². The van der Waals surface area contributed by atoms with E-state index >= 15 is 0 Å². The molecule has 0 atom stereocenters. The van der Waals surface area contributed by atoms with E-state index in [1.165, 1.54) is 0 Å². The van der Waals surface area contributed by atoms with Gasteiger partial charge in [0.2, 0.25) is 0 Å². The third kappa shape index (κ3) is 1.01. The van der Waals surface area contributed by atoms with E-state index in [1.807, 2.05) is 29.1 Å². The summed E-state index contributed by atoms with van der Waals surface area (Å²) in [5.41, 5.74) is 2.90. The summed E-state index contributed by atoms with van der Waals surface area (Å²) in [5.74, 6) is 0. The van der Waals surface area contributed by atoms with Gasteiger partial charge in [-0.15, -0.1) is 0 Å². The molecule has 0 spiro atoms. The summed E-state index contributed by atoms with van der Waals surface area (Å²) in [4.78, 5) is 11.3. The van der Waals surface area contributed by atoms with Crippen LogP contribution >= 0.6 is 0 Å². The predicted octanol–water partition coefficient (Wildman–Crippen LogP) is 1.55. The second-order valence-electron chi connectivity index (χ2n) is 3.01. The van der Waals surface area contributed by atoms with E-state index in [1.54, 1.807) is 12.5 Å². The molecule has 4 nitrogen and oxygen atoms in total. The second-order valence-corrected chi connectivity index (χ2v) is 3.01. The number of fused-ring (bicyclic) bond motifs is 1. The van der Waals surface area contributed by atoms with Crippen molar-refractivity contribution in [2.45, 2.75) is 0 Å². The van der Waals surface area contributed by atoms with Crippen LogP contribution in [-0.4, -0.2) is 19.5 Å². The maximum absolute atomic E-state index is 4.29. The quantitative estimate of drug-likeness (QED) is 0.622. The maximum Gasteiger partial charge on any atom is 0.0992 e. The number of pyridine rings is 1. The number of aromatic nitrogens is 4. The van der Waals surface area contributed by atoms with E-state index in [4.69, 9.17) is 0 Å². The minimum Gasteiger partial charge on any atom is -0.352 e. The van der Waals surface area contributed by atoms with Crippen LogP contribution in [0.5, 0.6) is 0 Å². The van der Waals surface area contributed by atoms with Crippen LogP contribution in [-0.2, 0) is 0 Å². The van der Waals surface area contributed by atoms with Gasteiger partial charge in [-0.1, -0.05) is 0 Å². The fourth-order valence-corrected chi connectivity index (χ4v) is 1.41. The van der Waals surface area contributed by atoms with Crippen molar-refractivity contribution < 1.29 is 0 Å². The van der Waals surface area contributed by atoms with Crippen LogP contribution in [0.15, 0.2) is 37.1 Å². The van der Waals surface area contributed by atoms with E-state index in [0.717, 1.165) is 16.7 Å². The molecular formula is C10H7N4. The van der Waals surface area contributed by atoms with Crippen molar-refractivity contribution in [2.75, 3.05) is 0 Å². The molecule has 14 heavy (non-hydrogen) atoms. The Kier molecular flexibility index (Phi) is 1.41. The average Bonchev–Trinajstić information content (AvgIpc) is 2.88. The second kappa shape index (κ2) is 2.70. The first kappa shape index (κ1) is 7.32. The Morgan fingerprint density at radius 2 is 2.43 bits per heavy atom. The SMILES string of the molecule is [c]1cc2ncc(-n3ccnc3)cc2[nH]1. The van der Waals surface area contributed by atoms with Crippen LogP contribution in [0.1, 0.15) is 0 Å². The molecule has 1 radical (unpaired) electrons. The van der Waals surface area contributed by atoms with Crippen molar-refractivity contribution in [1.29, 1.82) is 0 Å². The van der Waals surface area contributed by atoms with E-state index in [2.05, 4.69) is 21.1 Å². The van der Waals surface area contributed by atoms with E-state index < -0.39 is 0 Å². The third-order valence-corrected chi connectivity index (χ3v) is 2.12. The highest BCUT2D eigenvalue weighted by molar-refractivity contribution is 5.76. The number of nitrogens with one attached hydrogen (secondary N) is 1. The third-order valence-electron chi connectivity index (χ3n) is 2.12. The van der Waals surface area contributed by atoms with Crippen molar-refractivity contribution in [3.63, 3.8) is 0 Å². The number of nitrogens with zero attached hydrogens (tertiary/aromatic N) is 3. The summed E-state index contributed by atoms with van der Waals surface area (Å²) in [6, 6.07) is 3.84. The maximum atomic E-state index is 4.29. The van der Waals surface area contributed by atoms with E-state index in [0.29, 0.717) is 0 Å². The lowest BCUT2D eigenvalue weighted by molar-refractivity contribution is 1.05. The highest BCUT2D eigenvalue weighted by Crippen LogP contribution is 2.13. The van der Waals surface area contributed by atoms with E-state index in [9.17, 15) is 0 Å². The van der Waals surface area contributed by atoms with Crippen LogP contribution in [0.3, 0.4) is 0 Å². The van der Waals surface area contributed by atoms with Gasteiger partial charge < -0.3 is 9.55 Å². The van der Waals surface area contributed by atoms with Gasteiger partial charge in [-0.05, 0) is 12.1 Å². The molecule has 0 fully saturated rings. The Balaban J connectivity index is 2.23. The summed E-state index contributed by atoms with van der Waals surface area (Å²) in [5, 5.41) is 0. The molecule has 0 aromatic carbocycles. The van der Waals surface area contributed by atoms with Gasteiger partial charge in [-0.2, -0.15) is 0 Å². The van der Waals surface area contributed by atoms with Crippen LogP contribution in [0, 0.1) is 6.20 Å². The monoisotopic (exact) mass is 183 g/mol. The average molecular weight is 183 g/mol. The Labute approximate surface area is 80.2 Å². The van der Waals surface area contributed by atoms with Crippen LogP contribution in [0.25, 0.3) is 16.7 Å². The zero-order valence-corrected chi connectivity index (χ0v) is 7.31. The summed E-state index contributed by atoms with van der Waals surface area (Å²) < 4.78 is 1.91. The van der Waals surface area contributed by atoms with Crippen LogP contribution in [0.2, 0.25) is 0 Å². The van der Waals surface area contributed by atoms with Crippen molar-refractivity contribution in [1.82, 2.24) is 19.5 Å². The predicted molar refractivity (Wildman–Crippen MR) is 52.1 cm³/mol. The molecule has 0 saturated heterocycles. The molecule has 3 aromatic heterocycles. The first-order valence-electron chi connectivity index (χ1n) is 4.26. The molecule has 0 aliphatic carbocycles. The highest BCUT2D eigenvalue weighted by Gasteiger charge is 1.99. The van der Waals surface area contributed by atoms with Gasteiger partial charge in [0.1, 0.15) is 0 Å². The number of hydrogen-bond donors (Lipinski definition) is 1. The molecule has 3 heterocycles. The molecule has 0 saturated carbocycles. The first-order chi connectivity index (χ1) is 6.93. The fourth-order valence-electron chi connectivity index (χ4n) is 1.41. The summed E-state index contributed by atoms with van der Waals surface area (Å²) in [6.07, 6.45) is 10.1. The molecule has 3 rings (SSSR count). The smallest absolute Gasteiger partial charge is 0.0992 e. The number of imidazole rings is 1. The Morgan fingerprint density at radius 3 is 3.29 bits per heavy atom. The van der Waals surface area contributed by atoms with Crippen LogP contribution in [0.4, 0.5) is 0 Å². The Bertz CT molecular complexity index is 550. The van der Waals surface area contributed by atoms with Gasteiger partial charge in [0.05, 0.1) is 35.4 Å². The van der Waals surface area contributed by atoms with Gasteiger partial charge in [0, 0.05) is 12.4 Å². The Hall–Kier alpha value is -2.10. The first-order valence-corrected chi connectivity index (χ1v) is 4.26. The summed E-state index contributed by atoms with van der Waals surface area (Å²) in [6.45, 7) is 0. The van der Waals surface area contributed by atoms with Gasteiger partial charge in [-0.3, -0.25) is 4.98 Å². The molecule has 67 valence electrons. The molecule has 0 amide bonds. The minimum absolute atomic E-state index is 0.925. The van der Waals surface area contributed by atoms with Gasteiger partial charge in [0.15, 0.2) is 0 Å². The standard InChI is InChI=1S/C10H7N4/c1-2-12-10-5-8(6-13-9(1)10)14-4-3-11-7-14/h1,3-7,12H. The van der Waals surface area contributed by atoms with Crippen molar-refractivity contribution >= 4 is 11.0 Å². The number of H-pyrrole nitrogens is 1. The topological polar surface area (TPSA) is 46.5 Å². The largest absolute Gasteiger partial charge is 0.352 e. The molecule has 0 unspecified atom stereocenters. The lowest BCUT2D eigenvalue weighted by atomic mass is 10.3. The molecule has 0 aliphatic rings. The number of rotatable bonds is 1. The zero-order valence-electron chi connectivity index (χ0n) is 7.31. The lowest BCUT2D eigenvalue weighted by Gasteiger charge is -2.00. The molecule has 4 heteroatoms. The van der Waals surface area contributed by atoms with Gasteiger partial charge in [0.25, 0.3) is 0 Å². The minimum atomic E-state index is 0.925. The highest BCUT2D eigenvalue weighted by atomic mass is 15.0. The molecular weight excluding hydrogens is 176 g/mol. The van der Waals surface area contributed by atoms with Gasteiger partial charge >= 0.3 is 0 Å². The fraction of sp³-hybridized carbons (Fsp3) is 0. The van der Waals surface area contributed by atoms with Gasteiger partial charge in [-0.25, -0.2) is 4.98 Å². The molecule has 0 aliphatic heterocycles. The van der Waals surface area contributed by atoms with E-state index in [-0.39, 0.29) is 0 Å². The summed E-state index contributed by atoms with van der Waals surface area (Å²) >= 11 is 0. The summed E-state index contributed by atoms with van der Waals surface area (Å²) in [7, 11) is 0. The molecule has 3 aromatic rings. The number of hydrogen-bond acceptors (Lipinski definition) is 2. The molecule has 0 bridgehead atoms. The normalized spacial score (nSPS) is 10.9. The van der Waals surface area contributed by atoms with Crippen molar-refractivity contribution in [3.05, 3.63) is 43.2 Å². The lowest BCUT2D eigenvalue weighted by Crippen LogP contribution is -1.90. The van der Waals surface area contributed by atoms with Crippen molar-refractivity contribution in [2.24, 2.45) is 0 Å².